The lowest BCUT2D eigenvalue weighted by Crippen LogP contribution is -2.42. The lowest BCUT2D eigenvalue weighted by atomic mass is 10.0. The minimum absolute atomic E-state index is 0.0338. The molecule has 1 aromatic carbocycles. The Morgan fingerprint density at radius 1 is 1.45 bits per heavy atom. The van der Waals surface area contributed by atoms with Crippen LogP contribution in [0.3, 0.4) is 0 Å². The van der Waals surface area contributed by atoms with Crippen LogP contribution in [0.2, 0.25) is 0 Å². The summed E-state index contributed by atoms with van der Waals surface area (Å²) in [6.45, 7) is 0.225. The van der Waals surface area contributed by atoms with E-state index in [1.165, 1.54) is 24.1 Å². The lowest BCUT2D eigenvalue weighted by molar-refractivity contribution is 0.0155. The molecule has 1 fully saturated rings. The maximum atomic E-state index is 14.1. The van der Waals surface area contributed by atoms with Gasteiger partial charge in [0.2, 0.25) is 0 Å². The van der Waals surface area contributed by atoms with Crippen LogP contribution in [0.25, 0.3) is 0 Å². The molecule has 5 heteroatoms. The van der Waals surface area contributed by atoms with Crippen LogP contribution < -0.4 is 4.74 Å². The molecular weight excluding hydrogens is 261 g/mol. The van der Waals surface area contributed by atoms with E-state index in [1.54, 1.807) is 13.1 Å². The summed E-state index contributed by atoms with van der Waals surface area (Å²) < 4.78 is 18.9. The van der Waals surface area contributed by atoms with E-state index >= 15 is 0 Å². The highest BCUT2D eigenvalue weighted by molar-refractivity contribution is 5.94. The highest BCUT2D eigenvalue weighted by Gasteiger charge is 2.34. The van der Waals surface area contributed by atoms with Gasteiger partial charge in [0.1, 0.15) is 0 Å². The van der Waals surface area contributed by atoms with Crippen molar-refractivity contribution in [3.05, 3.63) is 29.6 Å². The topological polar surface area (TPSA) is 49.8 Å². The van der Waals surface area contributed by atoms with Crippen molar-refractivity contribution in [3.8, 4) is 5.75 Å². The molecule has 1 saturated carbocycles. The molecule has 110 valence electrons. The maximum absolute atomic E-state index is 14.1. The van der Waals surface area contributed by atoms with Crippen LogP contribution in [-0.2, 0) is 0 Å². The number of likely N-dealkylation sites (N-methyl/N-ethyl adjacent to an activating group) is 1. The zero-order valence-electron chi connectivity index (χ0n) is 11.9. The molecule has 0 radical (unpaired) electrons. The molecule has 0 atom stereocenters. The molecule has 20 heavy (non-hydrogen) atoms. The molecule has 0 aromatic heterocycles. The third-order valence-electron chi connectivity index (χ3n) is 3.83. The van der Waals surface area contributed by atoms with Crippen molar-refractivity contribution in [1.82, 2.24) is 4.90 Å². The van der Waals surface area contributed by atoms with Gasteiger partial charge in [0.15, 0.2) is 11.6 Å². The summed E-state index contributed by atoms with van der Waals surface area (Å²) in [6, 6.07) is 4.47. The van der Waals surface area contributed by atoms with Crippen molar-refractivity contribution in [2.24, 2.45) is 0 Å². The molecule has 1 N–H and O–H groups in total. The normalized spacial score (nSPS) is 17.0. The fourth-order valence-electron chi connectivity index (χ4n) is 2.74. The summed E-state index contributed by atoms with van der Waals surface area (Å²) >= 11 is 0. The van der Waals surface area contributed by atoms with Crippen molar-refractivity contribution in [1.29, 1.82) is 0 Å². The SMILES string of the molecule is COc1cccc(C(=O)N(C)CC2(O)CCCC2)c1F. The van der Waals surface area contributed by atoms with Crippen molar-refractivity contribution >= 4 is 5.91 Å². The van der Waals surface area contributed by atoms with Gasteiger partial charge < -0.3 is 14.7 Å². The van der Waals surface area contributed by atoms with E-state index in [9.17, 15) is 14.3 Å². The van der Waals surface area contributed by atoms with Crippen molar-refractivity contribution in [3.63, 3.8) is 0 Å². The number of amides is 1. The van der Waals surface area contributed by atoms with Crippen molar-refractivity contribution in [2.45, 2.75) is 31.3 Å². The molecule has 1 amide bonds. The number of benzene rings is 1. The summed E-state index contributed by atoms with van der Waals surface area (Å²) in [6.07, 6.45) is 3.30. The molecule has 0 unspecified atom stereocenters. The number of halogens is 1. The van der Waals surface area contributed by atoms with E-state index in [0.717, 1.165) is 12.8 Å². The van der Waals surface area contributed by atoms with Gasteiger partial charge >= 0.3 is 0 Å². The van der Waals surface area contributed by atoms with Crippen LogP contribution >= 0.6 is 0 Å². The highest BCUT2D eigenvalue weighted by atomic mass is 19.1. The van der Waals surface area contributed by atoms with Gasteiger partial charge in [-0.3, -0.25) is 4.79 Å². The fourth-order valence-corrected chi connectivity index (χ4v) is 2.74. The summed E-state index contributed by atoms with van der Waals surface area (Å²) in [7, 11) is 2.94. The van der Waals surface area contributed by atoms with Crippen LogP contribution in [0.1, 0.15) is 36.0 Å². The van der Waals surface area contributed by atoms with Crippen LogP contribution in [0.4, 0.5) is 4.39 Å². The Bertz CT molecular complexity index is 498. The van der Waals surface area contributed by atoms with Gasteiger partial charge in [-0.1, -0.05) is 18.9 Å². The number of carbonyl (C=O) groups excluding carboxylic acids is 1. The highest BCUT2D eigenvalue weighted by Crippen LogP contribution is 2.30. The van der Waals surface area contributed by atoms with Gasteiger partial charge in [-0.05, 0) is 25.0 Å². The maximum Gasteiger partial charge on any atom is 0.256 e. The Hall–Kier alpha value is -1.62. The van der Waals surface area contributed by atoms with E-state index in [2.05, 4.69) is 0 Å². The zero-order chi connectivity index (χ0) is 14.8. The van der Waals surface area contributed by atoms with E-state index < -0.39 is 17.3 Å². The Morgan fingerprint density at radius 2 is 2.10 bits per heavy atom. The molecule has 0 bridgehead atoms. The average molecular weight is 281 g/mol. The molecule has 2 rings (SSSR count). The largest absolute Gasteiger partial charge is 0.494 e. The summed E-state index contributed by atoms with van der Waals surface area (Å²) in [5, 5.41) is 10.3. The van der Waals surface area contributed by atoms with Gasteiger partial charge in [-0.15, -0.1) is 0 Å². The first kappa shape index (κ1) is 14.8. The van der Waals surface area contributed by atoms with Crippen molar-refractivity contribution in [2.75, 3.05) is 20.7 Å². The number of methoxy groups -OCH3 is 1. The first-order valence-corrected chi connectivity index (χ1v) is 6.77. The Kier molecular flexibility index (Phi) is 4.28. The quantitative estimate of drug-likeness (QED) is 0.920. The number of carbonyl (C=O) groups is 1. The number of hydrogen-bond acceptors (Lipinski definition) is 3. The predicted molar refractivity (Wildman–Crippen MR) is 73.3 cm³/mol. The first-order chi connectivity index (χ1) is 9.47. The second-order valence-corrected chi connectivity index (χ2v) is 5.41. The van der Waals surface area contributed by atoms with E-state index in [0.29, 0.717) is 12.8 Å². The number of rotatable bonds is 4. The molecule has 1 aliphatic rings. The summed E-state index contributed by atoms with van der Waals surface area (Å²) in [5.74, 6) is -1.06. The Labute approximate surface area is 118 Å². The van der Waals surface area contributed by atoms with Crippen molar-refractivity contribution < 1.29 is 19.0 Å². The van der Waals surface area contributed by atoms with Crippen LogP contribution in [-0.4, -0.2) is 42.2 Å². The van der Waals surface area contributed by atoms with Gasteiger partial charge in [0.05, 0.1) is 18.3 Å². The second kappa shape index (κ2) is 5.79. The molecule has 0 aliphatic heterocycles. The molecular formula is C15H20FNO3. The van der Waals surface area contributed by atoms with E-state index in [1.807, 2.05) is 0 Å². The number of nitrogens with zero attached hydrogens (tertiary/aromatic N) is 1. The summed E-state index contributed by atoms with van der Waals surface area (Å²) in [5.41, 5.74) is -0.867. The predicted octanol–water partition coefficient (Wildman–Crippen LogP) is 2.21. The monoisotopic (exact) mass is 281 g/mol. The molecule has 4 nitrogen and oxygen atoms in total. The third kappa shape index (κ3) is 2.93. The minimum Gasteiger partial charge on any atom is -0.494 e. The standard InChI is InChI=1S/C15H20FNO3/c1-17(10-15(19)8-3-4-9-15)14(18)11-6-5-7-12(20-2)13(11)16/h5-7,19H,3-4,8-10H2,1-2H3. The van der Waals surface area contributed by atoms with Crippen LogP contribution in [0.15, 0.2) is 18.2 Å². The van der Waals surface area contributed by atoms with E-state index in [4.69, 9.17) is 4.74 Å². The number of aliphatic hydroxyl groups is 1. The Morgan fingerprint density at radius 3 is 2.70 bits per heavy atom. The van der Waals surface area contributed by atoms with Gasteiger partial charge in [-0.2, -0.15) is 0 Å². The molecule has 0 spiro atoms. The lowest BCUT2D eigenvalue weighted by Gasteiger charge is -2.28. The van der Waals surface area contributed by atoms with Gasteiger partial charge in [-0.25, -0.2) is 4.39 Å². The smallest absolute Gasteiger partial charge is 0.256 e. The fraction of sp³-hybridized carbons (Fsp3) is 0.533. The average Bonchev–Trinajstić information content (AvgIpc) is 2.84. The first-order valence-electron chi connectivity index (χ1n) is 6.77. The number of ether oxygens (including phenoxy) is 1. The van der Waals surface area contributed by atoms with Crippen LogP contribution in [0, 0.1) is 5.82 Å². The molecule has 1 aromatic rings. The Balaban J connectivity index is 2.14. The van der Waals surface area contributed by atoms with Gasteiger partial charge in [0.25, 0.3) is 5.91 Å². The van der Waals surface area contributed by atoms with E-state index in [-0.39, 0.29) is 17.9 Å². The zero-order valence-corrected chi connectivity index (χ0v) is 11.9. The molecule has 1 aliphatic carbocycles. The van der Waals surface area contributed by atoms with Crippen LogP contribution in [0.5, 0.6) is 5.75 Å². The third-order valence-corrected chi connectivity index (χ3v) is 3.83. The molecule has 0 saturated heterocycles. The van der Waals surface area contributed by atoms with Gasteiger partial charge in [0, 0.05) is 13.6 Å². The summed E-state index contributed by atoms with van der Waals surface area (Å²) in [4.78, 5) is 13.7. The molecule has 0 heterocycles. The second-order valence-electron chi connectivity index (χ2n) is 5.41. The number of hydrogen-bond donors (Lipinski definition) is 1. The minimum atomic E-state index is -0.834.